The number of ether oxygens (including phenoxy) is 1. The van der Waals surface area contributed by atoms with Gasteiger partial charge in [0.1, 0.15) is 0 Å². The predicted molar refractivity (Wildman–Crippen MR) is 66.9 cm³/mol. The first-order valence-electron chi connectivity index (χ1n) is 5.01. The van der Waals surface area contributed by atoms with Crippen LogP contribution in [0.5, 0.6) is 0 Å². The lowest BCUT2D eigenvalue weighted by Gasteiger charge is -2.30. The number of rotatable bonds is 4. The van der Waals surface area contributed by atoms with Gasteiger partial charge in [-0.2, -0.15) is 0 Å². The highest BCUT2D eigenvalue weighted by Gasteiger charge is 2.26. The smallest absolute Gasteiger partial charge is 0.0776 e. The van der Waals surface area contributed by atoms with E-state index in [1.807, 2.05) is 32.0 Å². The summed E-state index contributed by atoms with van der Waals surface area (Å²) in [5.41, 5.74) is 7.04. The number of hydrogen-bond acceptors (Lipinski definition) is 2. The van der Waals surface area contributed by atoms with E-state index in [0.717, 1.165) is 10.9 Å². The molecule has 0 aliphatic heterocycles. The normalized spacial score (nSPS) is 13.9. The molecule has 2 N–H and O–H groups in total. The van der Waals surface area contributed by atoms with Gasteiger partial charge in [0, 0.05) is 17.6 Å². The van der Waals surface area contributed by atoms with E-state index in [0.29, 0.717) is 0 Å². The van der Waals surface area contributed by atoms with E-state index < -0.39 is 0 Å². The zero-order chi connectivity index (χ0) is 11.5. The lowest BCUT2D eigenvalue weighted by Crippen LogP contribution is -2.46. The van der Waals surface area contributed by atoms with E-state index in [1.54, 1.807) is 7.11 Å². The molecule has 1 aromatic carbocycles. The van der Waals surface area contributed by atoms with Gasteiger partial charge in [-0.25, -0.2) is 0 Å². The summed E-state index contributed by atoms with van der Waals surface area (Å²) in [5.74, 6) is 0. The summed E-state index contributed by atoms with van der Waals surface area (Å²) in [5, 5.41) is 0. The Balaban J connectivity index is 2.75. The maximum absolute atomic E-state index is 6.12. The minimum Gasteiger partial charge on any atom is -0.377 e. The fourth-order valence-electron chi connectivity index (χ4n) is 1.30. The van der Waals surface area contributed by atoms with Crippen LogP contribution in [0.3, 0.4) is 0 Å². The maximum Gasteiger partial charge on any atom is 0.0776 e. The van der Waals surface area contributed by atoms with Crippen LogP contribution in [0, 0.1) is 0 Å². The summed E-state index contributed by atoms with van der Waals surface area (Å²) in [4.78, 5) is 0. The summed E-state index contributed by atoms with van der Waals surface area (Å²) >= 11 is 3.52. The number of halogens is 1. The van der Waals surface area contributed by atoms with Gasteiger partial charge in [0.25, 0.3) is 0 Å². The van der Waals surface area contributed by atoms with E-state index in [1.165, 1.54) is 5.56 Å². The molecular weight excluding hydrogens is 254 g/mol. The molecule has 0 spiro atoms. The van der Waals surface area contributed by atoms with Crippen molar-refractivity contribution >= 4 is 15.9 Å². The van der Waals surface area contributed by atoms with Crippen LogP contribution >= 0.6 is 15.9 Å². The number of methoxy groups -OCH3 is 1. The van der Waals surface area contributed by atoms with Gasteiger partial charge in [0.2, 0.25) is 0 Å². The van der Waals surface area contributed by atoms with Crippen molar-refractivity contribution in [1.29, 1.82) is 0 Å². The Kier molecular flexibility index (Phi) is 4.32. The van der Waals surface area contributed by atoms with Gasteiger partial charge in [-0.15, -0.1) is 0 Å². The fourth-order valence-corrected chi connectivity index (χ4v) is 1.74. The molecule has 2 nitrogen and oxygen atoms in total. The van der Waals surface area contributed by atoms with Gasteiger partial charge in [-0.05, 0) is 31.9 Å². The van der Waals surface area contributed by atoms with Gasteiger partial charge in [-0.3, -0.25) is 0 Å². The molecule has 0 heterocycles. The SMILES string of the molecule is COC(C)(C)C(N)Cc1ccccc1Br. The van der Waals surface area contributed by atoms with E-state index in [9.17, 15) is 0 Å². The van der Waals surface area contributed by atoms with Gasteiger partial charge in [0.05, 0.1) is 5.60 Å². The monoisotopic (exact) mass is 271 g/mol. The molecule has 0 saturated heterocycles. The largest absolute Gasteiger partial charge is 0.377 e. The summed E-state index contributed by atoms with van der Waals surface area (Å²) in [6, 6.07) is 8.12. The minimum absolute atomic E-state index is 0.0128. The molecule has 0 fully saturated rings. The molecule has 1 unspecified atom stereocenters. The molecule has 0 aliphatic rings. The second-order valence-electron chi connectivity index (χ2n) is 4.21. The molecule has 0 amide bonds. The fraction of sp³-hybridized carbons (Fsp3) is 0.500. The van der Waals surface area contributed by atoms with Crippen molar-refractivity contribution in [2.45, 2.75) is 31.9 Å². The molecule has 0 saturated carbocycles. The molecule has 1 atom stereocenters. The molecule has 15 heavy (non-hydrogen) atoms. The Morgan fingerprint density at radius 3 is 2.53 bits per heavy atom. The van der Waals surface area contributed by atoms with Crippen LogP contribution in [0.1, 0.15) is 19.4 Å². The first-order valence-corrected chi connectivity index (χ1v) is 5.81. The third-order valence-electron chi connectivity index (χ3n) is 2.82. The average molecular weight is 272 g/mol. The van der Waals surface area contributed by atoms with Crippen molar-refractivity contribution in [3.05, 3.63) is 34.3 Å². The molecule has 1 aromatic rings. The van der Waals surface area contributed by atoms with Crippen LogP contribution in [0.25, 0.3) is 0 Å². The van der Waals surface area contributed by atoms with Crippen molar-refractivity contribution in [2.24, 2.45) is 5.73 Å². The zero-order valence-electron chi connectivity index (χ0n) is 9.46. The molecule has 0 aromatic heterocycles. The summed E-state index contributed by atoms with van der Waals surface area (Å²) in [7, 11) is 1.69. The van der Waals surface area contributed by atoms with E-state index >= 15 is 0 Å². The Hall–Kier alpha value is -0.380. The summed E-state index contributed by atoms with van der Waals surface area (Å²) in [6.45, 7) is 4.02. The molecule has 0 aliphatic carbocycles. The van der Waals surface area contributed by atoms with E-state index in [-0.39, 0.29) is 11.6 Å². The Bertz CT molecular complexity index is 325. The van der Waals surface area contributed by atoms with Crippen LogP contribution in [-0.4, -0.2) is 18.8 Å². The highest BCUT2D eigenvalue weighted by Crippen LogP contribution is 2.21. The summed E-state index contributed by atoms with van der Waals surface area (Å²) < 4.78 is 6.48. The number of nitrogens with two attached hydrogens (primary N) is 1. The molecule has 0 bridgehead atoms. The van der Waals surface area contributed by atoms with Crippen LogP contribution in [0.4, 0.5) is 0 Å². The average Bonchev–Trinajstić information content (AvgIpc) is 2.21. The van der Waals surface area contributed by atoms with E-state index in [4.69, 9.17) is 10.5 Å². The number of hydrogen-bond donors (Lipinski definition) is 1. The van der Waals surface area contributed by atoms with Crippen molar-refractivity contribution in [2.75, 3.05) is 7.11 Å². The maximum atomic E-state index is 6.12. The van der Waals surface area contributed by atoms with Crippen LogP contribution in [-0.2, 0) is 11.2 Å². The van der Waals surface area contributed by atoms with Crippen molar-refractivity contribution in [3.63, 3.8) is 0 Å². The molecular formula is C12H18BrNO. The van der Waals surface area contributed by atoms with Crippen molar-refractivity contribution in [1.82, 2.24) is 0 Å². The third kappa shape index (κ3) is 3.30. The lowest BCUT2D eigenvalue weighted by atomic mass is 9.93. The first kappa shape index (κ1) is 12.7. The molecule has 3 heteroatoms. The molecule has 0 radical (unpaired) electrons. The molecule has 84 valence electrons. The van der Waals surface area contributed by atoms with Crippen LogP contribution in [0.2, 0.25) is 0 Å². The quantitative estimate of drug-likeness (QED) is 0.914. The zero-order valence-corrected chi connectivity index (χ0v) is 11.0. The minimum atomic E-state index is -0.296. The van der Waals surface area contributed by atoms with Gasteiger partial charge >= 0.3 is 0 Å². The second-order valence-corrected chi connectivity index (χ2v) is 5.06. The lowest BCUT2D eigenvalue weighted by molar-refractivity contribution is 0.000770. The topological polar surface area (TPSA) is 35.2 Å². The standard InChI is InChI=1S/C12H18BrNO/c1-12(2,15-3)11(14)8-9-6-4-5-7-10(9)13/h4-7,11H,8,14H2,1-3H3. The van der Waals surface area contributed by atoms with Gasteiger partial charge < -0.3 is 10.5 Å². The van der Waals surface area contributed by atoms with Crippen LogP contribution < -0.4 is 5.73 Å². The molecule has 1 rings (SSSR count). The van der Waals surface area contributed by atoms with Crippen molar-refractivity contribution in [3.8, 4) is 0 Å². The predicted octanol–water partition coefficient (Wildman–Crippen LogP) is 2.74. The van der Waals surface area contributed by atoms with Crippen LogP contribution in [0.15, 0.2) is 28.7 Å². The van der Waals surface area contributed by atoms with Gasteiger partial charge in [-0.1, -0.05) is 34.1 Å². The Morgan fingerprint density at radius 1 is 1.40 bits per heavy atom. The van der Waals surface area contributed by atoms with Crippen molar-refractivity contribution < 1.29 is 4.74 Å². The number of benzene rings is 1. The third-order valence-corrected chi connectivity index (χ3v) is 3.59. The summed E-state index contributed by atoms with van der Waals surface area (Å²) in [6.07, 6.45) is 0.808. The van der Waals surface area contributed by atoms with Gasteiger partial charge in [0.15, 0.2) is 0 Å². The second kappa shape index (κ2) is 5.10. The highest BCUT2D eigenvalue weighted by atomic mass is 79.9. The highest BCUT2D eigenvalue weighted by molar-refractivity contribution is 9.10. The van der Waals surface area contributed by atoms with E-state index in [2.05, 4.69) is 22.0 Å². The first-order chi connectivity index (χ1) is 6.97. The Morgan fingerprint density at radius 2 is 2.00 bits per heavy atom. The Labute approximate surface area is 99.9 Å².